The number of hydrogen-bond donors (Lipinski definition) is 2. The van der Waals surface area contributed by atoms with Crippen LogP contribution in [0.4, 0.5) is 13.2 Å². The van der Waals surface area contributed by atoms with Gasteiger partial charge in [0.25, 0.3) is 5.91 Å². The average molecular weight is 260 g/mol. The zero-order chi connectivity index (χ0) is 13.4. The first kappa shape index (κ1) is 12.7. The van der Waals surface area contributed by atoms with Crippen LogP contribution in [-0.4, -0.2) is 35.5 Å². The second-order valence-corrected chi connectivity index (χ2v) is 4.19. The molecule has 1 aromatic carbocycles. The number of phenols is 1. The summed E-state index contributed by atoms with van der Waals surface area (Å²) >= 11 is 0. The molecule has 18 heavy (non-hydrogen) atoms. The van der Waals surface area contributed by atoms with Gasteiger partial charge in [0.1, 0.15) is 0 Å². The van der Waals surface area contributed by atoms with E-state index in [1.54, 1.807) is 0 Å². The lowest BCUT2D eigenvalue weighted by Crippen LogP contribution is -2.52. The third kappa shape index (κ3) is 1.90. The maximum absolute atomic E-state index is 13.5. The fourth-order valence-corrected chi connectivity index (χ4v) is 1.80. The average Bonchev–Trinajstić information content (AvgIpc) is 2.29. The van der Waals surface area contributed by atoms with Crippen LogP contribution in [0.2, 0.25) is 0 Å². The molecule has 0 spiro atoms. The molecule has 0 saturated carbocycles. The molecule has 1 aliphatic heterocycles. The highest BCUT2D eigenvalue weighted by Gasteiger charge is 2.33. The van der Waals surface area contributed by atoms with Crippen molar-refractivity contribution in [2.24, 2.45) is 11.7 Å². The van der Waals surface area contributed by atoms with Crippen molar-refractivity contribution in [1.29, 1.82) is 0 Å². The Hall–Kier alpha value is -1.76. The summed E-state index contributed by atoms with van der Waals surface area (Å²) in [5, 5.41) is 9.01. The number of hydrogen-bond acceptors (Lipinski definition) is 3. The Morgan fingerprint density at radius 3 is 2.56 bits per heavy atom. The Kier molecular flexibility index (Phi) is 3.16. The smallest absolute Gasteiger partial charge is 0.257 e. The van der Waals surface area contributed by atoms with Crippen LogP contribution in [0.25, 0.3) is 0 Å². The number of carbonyl (C=O) groups is 1. The van der Waals surface area contributed by atoms with Gasteiger partial charge in [0.15, 0.2) is 17.4 Å². The van der Waals surface area contributed by atoms with Crippen LogP contribution in [-0.2, 0) is 0 Å². The molecule has 3 N–H and O–H groups in total. The molecule has 1 aromatic rings. The molecule has 98 valence electrons. The fraction of sp³-hybridized carbons (Fsp3) is 0.364. The first-order chi connectivity index (χ1) is 8.45. The molecule has 0 radical (unpaired) electrons. The molecular formula is C11H11F3N2O2. The van der Waals surface area contributed by atoms with E-state index in [2.05, 4.69) is 0 Å². The zero-order valence-corrected chi connectivity index (χ0v) is 9.29. The molecule has 1 fully saturated rings. The quantitative estimate of drug-likeness (QED) is 0.774. The third-order valence-electron chi connectivity index (χ3n) is 2.94. The van der Waals surface area contributed by atoms with E-state index in [0.717, 1.165) is 0 Å². The topological polar surface area (TPSA) is 66.6 Å². The van der Waals surface area contributed by atoms with Gasteiger partial charge in [-0.15, -0.1) is 0 Å². The molecule has 1 amide bonds. The van der Waals surface area contributed by atoms with Crippen LogP contribution < -0.4 is 5.73 Å². The first-order valence-electron chi connectivity index (χ1n) is 5.31. The molecule has 0 bridgehead atoms. The van der Waals surface area contributed by atoms with Crippen molar-refractivity contribution >= 4 is 5.91 Å². The molecule has 0 unspecified atom stereocenters. The van der Waals surface area contributed by atoms with Crippen LogP contribution in [0.5, 0.6) is 5.75 Å². The minimum Gasteiger partial charge on any atom is -0.503 e. The molecule has 0 aromatic heterocycles. The van der Waals surface area contributed by atoms with Crippen molar-refractivity contribution < 1.29 is 23.1 Å². The van der Waals surface area contributed by atoms with Gasteiger partial charge in [-0.1, -0.05) is 0 Å². The maximum atomic E-state index is 13.5. The Balaban J connectivity index is 2.27. The minimum absolute atomic E-state index is 0.135. The molecule has 0 atom stereocenters. The fourth-order valence-electron chi connectivity index (χ4n) is 1.80. The number of nitrogens with two attached hydrogens (primary N) is 1. The number of halogens is 3. The third-order valence-corrected chi connectivity index (χ3v) is 2.94. The summed E-state index contributed by atoms with van der Waals surface area (Å²) in [6, 6.07) is 0.447. The second-order valence-electron chi connectivity index (χ2n) is 4.19. The van der Waals surface area contributed by atoms with Gasteiger partial charge in [-0.25, -0.2) is 8.78 Å². The number of benzene rings is 1. The number of nitrogens with zero attached hydrogens (tertiary/aromatic N) is 1. The molecule has 7 heteroatoms. The lowest BCUT2D eigenvalue weighted by molar-refractivity contribution is 0.0509. The predicted molar refractivity (Wildman–Crippen MR) is 56.4 cm³/mol. The number of carbonyl (C=O) groups excluding carboxylic acids is 1. The maximum Gasteiger partial charge on any atom is 0.257 e. The van der Waals surface area contributed by atoms with Gasteiger partial charge in [0.2, 0.25) is 5.82 Å². The van der Waals surface area contributed by atoms with Gasteiger partial charge < -0.3 is 15.7 Å². The number of rotatable bonds is 2. The van der Waals surface area contributed by atoms with Crippen molar-refractivity contribution in [1.82, 2.24) is 4.90 Å². The summed E-state index contributed by atoms with van der Waals surface area (Å²) in [6.45, 7) is 1.08. The summed E-state index contributed by atoms with van der Waals surface area (Å²) in [5.41, 5.74) is 4.69. The highest BCUT2D eigenvalue weighted by atomic mass is 19.2. The SMILES string of the molecule is NCC1CN(C(=O)c2cc(F)c(F)c(O)c2F)C1. The molecule has 1 heterocycles. The first-order valence-corrected chi connectivity index (χ1v) is 5.31. The van der Waals surface area contributed by atoms with Crippen molar-refractivity contribution in [3.63, 3.8) is 0 Å². The van der Waals surface area contributed by atoms with E-state index in [0.29, 0.717) is 25.7 Å². The highest BCUT2D eigenvalue weighted by molar-refractivity contribution is 5.95. The molecule has 2 rings (SSSR count). The number of amides is 1. The standard InChI is InChI=1S/C11H11F3N2O2/c12-7-1-6(8(13)10(17)9(7)14)11(18)16-3-5(2-15)4-16/h1,5,17H,2-4,15H2. The highest BCUT2D eigenvalue weighted by Crippen LogP contribution is 2.28. The lowest BCUT2D eigenvalue weighted by atomic mass is 9.99. The van der Waals surface area contributed by atoms with Gasteiger partial charge in [-0.2, -0.15) is 4.39 Å². The Bertz CT molecular complexity index is 502. The second kappa shape index (κ2) is 4.49. The van der Waals surface area contributed by atoms with Gasteiger partial charge in [-0.05, 0) is 12.6 Å². The van der Waals surface area contributed by atoms with Gasteiger partial charge in [0, 0.05) is 19.0 Å². The summed E-state index contributed by atoms with van der Waals surface area (Å²) < 4.78 is 39.3. The van der Waals surface area contributed by atoms with Crippen molar-refractivity contribution in [2.45, 2.75) is 0 Å². The number of phenolic OH excluding ortho intramolecular Hbond substituents is 1. The van der Waals surface area contributed by atoms with Crippen molar-refractivity contribution in [2.75, 3.05) is 19.6 Å². The Labute approximate surface area is 101 Å². The summed E-state index contributed by atoms with van der Waals surface area (Å²) in [5.74, 6) is -6.74. The van der Waals surface area contributed by atoms with Crippen LogP contribution >= 0.6 is 0 Å². The molecule has 4 nitrogen and oxygen atoms in total. The lowest BCUT2D eigenvalue weighted by Gasteiger charge is -2.38. The van der Waals surface area contributed by atoms with Gasteiger partial charge >= 0.3 is 0 Å². The van der Waals surface area contributed by atoms with Crippen molar-refractivity contribution in [3.05, 3.63) is 29.1 Å². The minimum atomic E-state index is -1.70. The van der Waals surface area contributed by atoms with Crippen LogP contribution in [0.3, 0.4) is 0 Å². The summed E-state index contributed by atoms with van der Waals surface area (Å²) in [4.78, 5) is 13.0. The molecule has 0 aliphatic carbocycles. The summed E-state index contributed by atoms with van der Waals surface area (Å²) in [6.07, 6.45) is 0. The zero-order valence-electron chi connectivity index (χ0n) is 9.29. The molecule has 1 saturated heterocycles. The van der Waals surface area contributed by atoms with Gasteiger partial charge in [-0.3, -0.25) is 4.79 Å². The van der Waals surface area contributed by atoms with Gasteiger partial charge in [0.05, 0.1) is 5.56 Å². The van der Waals surface area contributed by atoms with Crippen molar-refractivity contribution in [3.8, 4) is 5.75 Å². The monoisotopic (exact) mass is 260 g/mol. The molecular weight excluding hydrogens is 249 g/mol. The number of likely N-dealkylation sites (tertiary alicyclic amines) is 1. The Morgan fingerprint density at radius 2 is 2.00 bits per heavy atom. The predicted octanol–water partition coefficient (Wildman–Crippen LogP) is 0.840. The van der Waals surface area contributed by atoms with E-state index in [9.17, 15) is 18.0 Å². The van der Waals surface area contributed by atoms with Crippen LogP contribution in [0.15, 0.2) is 6.07 Å². The van der Waals surface area contributed by atoms with Crippen LogP contribution in [0, 0.1) is 23.4 Å². The number of aromatic hydroxyl groups is 1. The van der Waals surface area contributed by atoms with E-state index in [4.69, 9.17) is 10.8 Å². The van der Waals surface area contributed by atoms with Crippen LogP contribution in [0.1, 0.15) is 10.4 Å². The Morgan fingerprint density at radius 1 is 1.39 bits per heavy atom. The normalized spacial score (nSPS) is 15.7. The van der Waals surface area contributed by atoms with E-state index in [1.807, 2.05) is 0 Å². The molecule has 1 aliphatic rings. The van der Waals surface area contributed by atoms with E-state index >= 15 is 0 Å². The largest absolute Gasteiger partial charge is 0.503 e. The van der Waals surface area contributed by atoms with E-state index in [-0.39, 0.29) is 5.92 Å². The summed E-state index contributed by atoms with van der Waals surface area (Å²) in [7, 11) is 0. The van der Waals surface area contributed by atoms with E-state index < -0.39 is 34.7 Å². The van der Waals surface area contributed by atoms with E-state index in [1.165, 1.54) is 4.90 Å².